The van der Waals surface area contributed by atoms with Gasteiger partial charge in [-0.2, -0.15) is 18.3 Å². The SMILES string of the molecule is Cc1nn(CC(O)c2cccc(C(F)(F)F)c2)c(C)c1C. The molecule has 0 saturated carbocycles. The second-order valence-corrected chi connectivity index (χ2v) is 5.12. The van der Waals surface area contributed by atoms with E-state index in [9.17, 15) is 18.3 Å². The van der Waals surface area contributed by atoms with Crippen molar-refractivity contribution in [3.63, 3.8) is 0 Å². The van der Waals surface area contributed by atoms with Gasteiger partial charge in [0, 0.05) is 5.69 Å². The van der Waals surface area contributed by atoms with Crippen LogP contribution in [0.15, 0.2) is 24.3 Å². The minimum Gasteiger partial charge on any atom is -0.386 e. The molecule has 1 atom stereocenters. The Balaban J connectivity index is 2.24. The number of hydrogen-bond acceptors (Lipinski definition) is 2. The molecule has 1 heterocycles. The summed E-state index contributed by atoms with van der Waals surface area (Å²) in [6.45, 7) is 5.77. The zero-order chi connectivity index (χ0) is 15.8. The smallest absolute Gasteiger partial charge is 0.386 e. The zero-order valence-corrected chi connectivity index (χ0v) is 12.1. The lowest BCUT2D eigenvalue weighted by molar-refractivity contribution is -0.137. The van der Waals surface area contributed by atoms with E-state index in [-0.39, 0.29) is 12.1 Å². The average molecular weight is 298 g/mol. The van der Waals surface area contributed by atoms with Crippen LogP contribution in [0.1, 0.15) is 34.2 Å². The molecule has 1 N–H and O–H groups in total. The van der Waals surface area contributed by atoms with Crippen molar-refractivity contribution < 1.29 is 18.3 Å². The van der Waals surface area contributed by atoms with E-state index < -0.39 is 17.8 Å². The molecule has 0 bridgehead atoms. The summed E-state index contributed by atoms with van der Waals surface area (Å²) in [5.41, 5.74) is 2.24. The molecule has 2 rings (SSSR count). The molecule has 114 valence electrons. The van der Waals surface area contributed by atoms with E-state index in [0.29, 0.717) is 0 Å². The maximum absolute atomic E-state index is 12.7. The Kier molecular flexibility index (Phi) is 4.09. The van der Waals surface area contributed by atoms with Gasteiger partial charge in [0.25, 0.3) is 0 Å². The number of hydrogen-bond donors (Lipinski definition) is 1. The number of aromatic nitrogens is 2. The highest BCUT2D eigenvalue weighted by molar-refractivity contribution is 5.27. The predicted octanol–water partition coefficient (Wildman–Crippen LogP) is 3.56. The van der Waals surface area contributed by atoms with Crippen LogP contribution in [0.3, 0.4) is 0 Å². The van der Waals surface area contributed by atoms with Gasteiger partial charge in [-0.1, -0.05) is 12.1 Å². The Morgan fingerprint density at radius 3 is 2.43 bits per heavy atom. The number of aliphatic hydroxyl groups excluding tert-OH is 1. The minimum absolute atomic E-state index is 0.127. The van der Waals surface area contributed by atoms with Gasteiger partial charge < -0.3 is 5.11 Å². The quantitative estimate of drug-likeness (QED) is 0.941. The summed E-state index contributed by atoms with van der Waals surface area (Å²) in [6, 6.07) is 4.75. The van der Waals surface area contributed by atoms with E-state index in [0.717, 1.165) is 29.1 Å². The Labute approximate surface area is 121 Å². The fourth-order valence-corrected chi connectivity index (χ4v) is 2.16. The maximum Gasteiger partial charge on any atom is 0.416 e. The van der Waals surface area contributed by atoms with Crippen molar-refractivity contribution in [2.45, 2.75) is 39.6 Å². The summed E-state index contributed by atoms with van der Waals surface area (Å²) in [6.07, 6.45) is -5.45. The van der Waals surface area contributed by atoms with Gasteiger partial charge in [0.15, 0.2) is 0 Å². The lowest BCUT2D eigenvalue weighted by Gasteiger charge is -2.15. The highest BCUT2D eigenvalue weighted by Gasteiger charge is 2.30. The first-order valence-corrected chi connectivity index (χ1v) is 6.56. The number of alkyl halides is 3. The fourth-order valence-electron chi connectivity index (χ4n) is 2.16. The number of halogens is 3. The molecular formula is C15H17F3N2O. The molecule has 0 fully saturated rings. The maximum atomic E-state index is 12.7. The Morgan fingerprint density at radius 2 is 1.90 bits per heavy atom. The zero-order valence-electron chi connectivity index (χ0n) is 12.1. The summed E-state index contributed by atoms with van der Waals surface area (Å²) >= 11 is 0. The first-order chi connectivity index (χ1) is 9.70. The van der Waals surface area contributed by atoms with Gasteiger partial charge in [-0.25, -0.2) is 0 Å². The highest BCUT2D eigenvalue weighted by Crippen LogP contribution is 2.31. The third-order valence-corrected chi connectivity index (χ3v) is 3.69. The molecule has 0 spiro atoms. The molecule has 0 radical (unpaired) electrons. The summed E-state index contributed by atoms with van der Waals surface area (Å²) in [7, 11) is 0. The van der Waals surface area contributed by atoms with Gasteiger partial charge in [-0.3, -0.25) is 4.68 Å². The highest BCUT2D eigenvalue weighted by atomic mass is 19.4. The van der Waals surface area contributed by atoms with Crippen LogP contribution in [0.5, 0.6) is 0 Å². The second-order valence-electron chi connectivity index (χ2n) is 5.12. The third kappa shape index (κ3) is 3.26. The topological polar surface area (TPSA) is 38.0 Å². The van der Waals surface area contributed by atoms with Gasteiger partial charge in [0.05, 0.1) is 23.9 Å². The fraction of sp³-hybridized carbons (Fsp3) is 0.400. The van der Waals surface area contributed by atoms with Gasteiger partial charge >= 0.3 is 6.18 Å². The molecular weight excluding hydrogens is 281 g/mol. The van der Waals surface area contributed by atoms with E-state index in [1.807, 2.05) is 20.8 Å². The predicted molar refractivity (Wildman–Crippen MR) is 72.8 cm³/mol. The van der Waals surface area contributed by atoms with Crippen LogP contribution < -0.4 is 0 Å². The molecule has 1 aromatic heterocycles. The van der Waals surface area contributed by atoms with Gasteiger partial charge in [0.1, 0.15) is 0 Å². The molecule has 1 aromatic carbocycles. The van der Waals surface area contributed by atoms with Crippen LogP contribution in [0.2, 0.25) is 0 Å². The van der Waals surface area contributed by atoms with Crippen LogP contribution in [-0.2, 0) is 12.7 Å². The van der Waals surface area contributed by atoms with Gasteiger partial charge in [-0.05, 0) is 44.0 Å². The molecule has 3 nitrogen and oxygen atoms in total. The Morgan fingerprint density at radius 1 is 1.24 bits per heavy atom. The lowest BCUT2D eigenvalue weighted by Crippen LogP contribution is -2.13. The van der Waals surface area contributed by atoms with Gasteiger partial charge in [0.2, 0.25) is 0 Å². The number of aliphatic hydroxyl groups is 1. The van der Waals surface area contributed by atoms with Crippen LogP contribution in [0.4, 0.5) is 13.2 Å². The molecule has 0 aliphatic heterocycles. The van der Waals surface area contributed by atoms with Gasteiger partial charge in [-0.15, -0.1) is 0 Å². The van der Waals surface area contributed by atoms with Crippen LogP contribution >= 0.6 is 0 Å². The molecule has 0 saturated heterocycles. The minimum atomic E-state index is -4.41. The second kappa shape index (κ2) is 5.52. The standard InChI is InChI=1S/C15H17F3N2O/c1-9-10(2)19-20(11(9)3)8-14(21)12-5-4-6-13(7-12)15(16,17)18/h4-7,14,21H,8H2,1-3H3. The monoisotopic (exact) mass is 298 g/mol. The van der Waals surface area contributed by atoms with Crippen molar-refractivity contribution in [3.05, 3.63) is 52.3 Å². The van der Waals surface area contributed by atoms with Crippen molar-refractivity contribution in [1.82, 2.24) is 9.78 Å². The molecule has 0 aliphatic carbocycles. The van der Waals surface area contributed by atoms with Crippen molar-refractivity contribution >= 4 is 0 Å². The summed E-state index contributed by atoms with van der Waals surface area (Å²) in [5, 5.41) is 14.4. The lowest BCUT2D eigenvalue weighted by atomic mass is 10.1. The van der Waals surface area contributed by atoms with E-state index in [1.165, 1.54) is 12.1 Å². The number of benzene rings is 1. The summed E-state index contributed by atoms with van der Waals surface area (Å²) in [5.74, 6) is 0. The first kappa shape index (κ1) is 15.6. The molecule has 21 heavy (non-hydrogen) atoms. The van der Waals surface area contributed by atoms with E-state index >= 15 is 0 Å². The first-order valence-electron chi connectivity index (χ1n) is 6.56. The molecule has 0 aliphatic rings. The summed E-state index contributed by atoms with van der Waals surface area (Å²) < 4.78 is 39.7. The molecule has 6 heteroatoms. The van der Waals surface area contributed by atoms with Crippen LogP contribution in [-0.4, -0.2) is 14.9 Å². The number of rotatable bonds is 3. The van der Waals surface area contributed by atoms with E-state index in [1.54, 1.807) is 4.68 Å². The van der Waals surface area contributed by atoms with Crippen LogP contribution in [0.25, 0.3) is 0 Å². The molecule has 0 amide bonds. The van der Waals surface area contributed by atoms with E-state index in [2.05, 4.69) is 5.10 Å². The Hall–Kier alpha value is -1.82. The normalized spacial score (nSPS) is 13.5. The molecule has 1 unspecified atom stereocenters. The number of nitrogens with zero attached hydrogens (tertiary/aromatic N) is 2. The van der Waals surface area contributed by atoms with Crippen molar-refractivity contribution in [3.8, 4) is 0 Å². The number of aryl methyl sites for hydroxylation is 1. The Bertz CT molecular complexity index is 647. The van der Waals surface area contributed by atoms with Crippen molar-refractivity contribution in [2.24, 2.45) is 0 Å². The summed E-state index contributed by atoms with van der Waals surface area (Å²) in [4.78, 5) is 0. The van der Waals surface area contributed by atoms with Crippen molar-refractivity contribution in [1.29, 1.82) is 0 Å². The average Bonchev–Trinajstić information content (AvgIpc) is 2.65. The van der Waals surface area contributed by atoms with Crippen LogP contribution in [0, 0.1) is 20.8 Å². The third-order valence-electron chi connectivity index (χ3n) is 3.69. The van der Waals surface area contributed by atoms with Crippen molar-refractivity contribution in [2.75, 3.05) is 0 Å². The molecule has 2 aromatic rings. The van der Waals surface area contributed by atoms with E-state index in [4.69, 9.17) is 0 Å². The largest absolute Gasteiger partial charge is 0.416 e.